The molecule has 50 valence electrons. The second-order valence-electron chi connectivity index (χ2n) is 1.15. The number of ether oxygens (including phenoxy) is 1. The van der Waals surface area contributed by atoms with E-state index in [-0.39, 0.29) is 36.2 Å². The molecule has 1 unspecified atom stereocenters. The molecular formula is C4H9NaO4. The molecular weight excluding hydrogens is 135 g/mol. The maximum atomic E-state index is 9.71. The van der Waals surface area contributed by atoms with E-state index in [0.29, 0.717) is 0 Å². The van der Waals surface area contributed by atoms with Crippen LogP contribution in [0, 0.1) is 0 Å². The standard InChI is InChI=1S/C4H8O4.Na.H/c1-2-8-4(7)3(5)6;;/h4,7H,2H2,1H3,(H,5,6);;. The second kappa shape index (κ2) is 6.51. The third-order valence-corrected chi connectivity index (χ3v) is 0.536. The van der Waals surface area contributed by atoms with E-state index < -0.39 is 12.3 Å². The summed E-state index contributed by atoms with van der Waals surface area (Å²) < 4.78 is 4.26. The van der Waals surface area contributed by atoms with Crippen molar-refractivity contribution in [2.45, 2.75) is 13.2 Å². The molecule has 0 aromatic heterocycles. The first-order valence-electron chi connectivity index (χ1n) is 2.21. The molecule has 0 aromatic rings. The number of rotatable bonds is 3. The quantitative estimate of drug-likeness (QED) is 0.384. The van der Waals surface area contributed by atoms with Gasteiger partial charge in [0.25, 0.3) is 6.29 Å². The van der Waals surface area contributed by atoms with Crippen molar-refractivity contribution < 1.29 is 19.7 Å². The summed E-state index contributed by atoms with van der Waals surface area (Å²) in [7, 11) is 0. The van der Waals surface area contributed by atoms with Gasteiger partial charge in [-0.25, -0.2) is 4.79 Å². The first kappa shape index (κ1) is 12.1. The van der Waals surface area contributed by atoms with Crippen LogP contribution in [0.25, 0.3) is 0 Å². The number of aliphatic hydroxyl groups is 1. The summed E-state index contributed by atoms with van der Waals surface area (Å²) >= 11 is 0. The molecule has 0 saturated carbocycles. The molecule has 0 fully saturated rings. The molecule has 0 heterocycles. The van der Waals surface area contributed by atoms with Crippen LogP contribution in [0.4, 0.5) is 0 Å². The fraction of sp³-hybridized carbons (Fsp3) is 0.750. The molecule has 0 aliphatic carbocycles. The predicted molar refractivity (Wildman–Crippen MR) is 32.4 cm³/mol. The van der Waals surface area contributed by atoms with Gasteiger partial charge in [0.05, 0.1) is 0 Å². The van der Waals surface area contributed by atoms with Crippen molar-refractivity contribution in [3.05, 3.63) is 0 Å². The summed E-state index contributed by atoms with van der Waals surface area (Å²) in [6.07, 6.45) is -1.67. The van der Waals surface area contributed by atoms with E-state index in [1.165, 1.54) is 0 Å². The molecule has 0 radical (unpaired) electrons. The fourth-order valence-corrected chi connectivity index (χ4v) is 0.229. The number of hydrogen-bond acceptors (Lipinski definition) is 3. The number of aliphatic carboxylic acids is 1. The summed E-state index contributed by atoms with van der Waals surface area (Å²) in [6, 6.07) is 0. The minimum atomic E-state index is -1.67. The Bertz CT molecular complexity index is 84.6. The Morgan fingerprint density at radius 3 is 2.33 bits per heavy atom. The van der Waals surface area contributed by atoms with E-state index in [9.17, 15) is 4.79 Å². The SMILES string of the molecule is CCOC(O)C(=O)O.[NaH]. The van der Waals surface area contributed by atoms with E-state index in [0.717, 1.165) is 0 Å². The average Bonchev–Trinajstić information content (AvgIpc) is 1.67. The van der Waals surface area contributed by atoms with Gasteiger partial charge >= 0.3 is 35.5 Å². The van der Waals surface area contributed by atoms with E-state index in [1.807, 2.05) is 0 Å². The molecule has 0 saturated heterocycles. The third-order valence-electron chi connectivity index (χ3n) is 0.536. The Morgan fingerprint density at radius 1 is 1.78 bits per heavy atom. The molecule has 0 rings (SSSR count). The van der Waals surface area contributed by atoms with Crippen LogP contribution in [-0.4, -0.2) is 58.6 Å². The number of carboxylic acids is 1. The summed E-state index contributed by atoms with van der Waals surface area (Å²) in [6.45, 7) is 1.81. The van der Waals surface area contributed by atoms with Gasteiger partial charge < -0.3 is 14.9 Å². The first-order chi connectivity index (χ1) is 3.68. The van der Waals surface area contributed by atoms with Crippen molar-refractivity contribution in [2.75, 3.05) is 6.61 Å². The van der Waals surface area contributed by atoms with Crippen LogP contribution in [0.3, 0.4) is 0 Å². The molecule has 0 spiro atoms. The Labute approximate surface area is 75.1 Å². The molecule has 9 heavy (non-hydrogen) atoms. The Kier molecular flexibility index (Phi) is 8.75. The fourth-order valence-electron chi connectivity index (χ4n) is 0.229. The topological polar surface area (TPSA) is 66.8 Å². The van der Waals surface area contributed by atoms with Gasteiger partial charge in [0, 0.05) is 6.61 Å². The van der Waals surface area contributed by atoms with Crippen molar-refractivity contribution in [1.82, 2.24) is 0 Å². The van der Waals surface area contributed by atoms with Crippen molar-refractivity contribution in [3.8, 4) is 0 Å². The number of aliphatic hydroxyl groups excluding tert-OH is 1. The van der Waals surface area contributed by atoms with Crippen molar-refractivity contribution in [3.63, 3.8) is 0 Å². The molecule has 5 heteroatoms. The Hall–Kier alpha value is 0.390. The summed E-state index contributed by atoms with van der Waals surface area (Å²) in [5.41, 5.74) is 0. The molecule has 0 aromatic carbocycles. The second-order valence-corrected chi connectivity index (χ2v) is 1.15. The Morgan fingerprint density at radius 2 is 2.22 bits per heavy atom. The number of hydrogen-bond donors (Lipinski definition) is 2. The number of carboxylic acid groups (broad SMARTS) is 1. The van der Waals surface area contributed by atoms with Gasteiger partial charge in [0.1, 0.15) is 0 Å². The van der Waals surface area contributed by atoms with E-state index in [2.05, 4.69) is 4.74 Å². The molecule has 0 amide bonds. The van der Waals surface area contributed by atoms with Crippen LogP contribution in [0.1, 0.15) is 6.92 Å². The molecule has 2 N–H and O–H groups in total. The zero-order chi connectivity index (χ0) is 6.57. The molecule has 0 aliphatic rings. The molecule has 1 atom stereocenters. The maximum absolute atomic E-state index is 9.71. The molecule has 0 bridgehead atoms. The third kappa shape index (κ3) is 6.27. The van der Waals surface area contributed by atoms with Crippen LogP contribution < -0.4 is 0 Å². The first-order valence-corrected chi connectivity index (χ1v) is 2.21. The van der Waals surface area contributed by atoms with Crippen LogP contribution in [0.2, 0.25) is 0 Å². The summed E-state index contributed by atoms with van der Waals surface area (Å²) in [4.78, 5) is 9.71. The van der Waals surface area contributed by atoms with Crippen molar-refractivity contribution in [1.29, 1.82) is 0 Å². The molecule has 4 nitrogen and oxygen atoms in total. The van der Waals surface area contributed by atoms with Crippen LogP contribution in [0.15, 0.2) is 0 Å². The zero-order valence-electron chi connectivity index (χ0n) is 4.50. The van der Waals surface area contributed by atoms with Crippen molar-refractivity contribution in [2.24, 2.45) is 0 Å². The summed E-state index contributed by atoms with van der Waals surface area (Å²) in [5.74, 6) is -1.35. The zero-order valence-corrected chi connectivity index (χ0v) is 4.50. The van der Waals surface area contributed by atoms with E-state index in [1.54, 1.807) is 6.92 Å². The van der Waals surface area contributed by atoms with Crippen LogP contribution in [0.5, 0.6) is 0 Å². The average molecular weight is 144 g/mol. The number of carbonyl (C=O) groups is 1. The van der Waals surface area contributed by atoms with Crippen LogP contribution >= 0.6 is 0 Å². The van der Waals surface area contributed by atoms with Crippen molar-refractivity contribution >= 4 is 35.5 Å². The van der Waals surface area contributed by atoms with Gasteiger partial charge in [-0.05, 0) is 6.92 Å². The minimum absolute atomic E-state index is 0. The monoisotopic (exact) mass is 144 g/mol. The van der Waals surface area contributed by atoms with Gasteiger partial charge in [-0.3, -0.25) is 0 Å². The van der Waals surface area contributed by atoms with Gasteiger partial charge in [-0.2, -0.15) is 0 Å². The normalized spacial score (nSPS) is 11.8. The van der Waals surface area contributed by atoms with E-state index >= 15 is 0 Å². The van der Waals surface area contributed by atoms with Gasteiger partial charge in [-0.1, -0.05) is 0 Å². The van der Waals surface area contributed by atoms with E-state index in [4.69, 9.17) is 10.2 Å². The summed E-state index contributed by atoms with van der Waals surface area (Å²) in [5, 5.41) is 16.2. The molecule has 0 aliphatic heterocycles. The van der Waals surface area contributed by atoms with Gasteiger partial charge in [0.15, 0.2) is 0 Å². The Balaban J connectivity index is 0. The van der Waals surface area contributed by atoms with Gasteiger partial charge in [0.2, 0.25) is 0 Å². The predicted octanol–water partition coefficient (Wildman–Crippen LogP) is -1.22. The van der Waals surface area contributed by atoms with Gasteiger partial charge in [-0.15, -0.1) is 0 Å². The van der Waals surface area contributed by atoms with Crippen LogP contribution in [-0.2, 0) is 9.53 Å².